The van der Waals surface area contributed by atoms with Crippen LogP contribution in [0, 0.1) is 0 Å². The molecule has 1 heterocycles. The maximum atomic E-state index is 11.1. The lowest BCUT2D eigenvalue weighted by Crippen LogP contribution is -1.98. The van der Waals surface area contributed by atoms with Gasteiger partial charge in [-0.2, -0.15) is 0 Å². The molecule has 0 aromatic rings. The van der Waals surface area contributed by atoms with Crippen molar-refractivity contribution in [3.8, 4) is 0 Å². The summed E-state index contributed by atoms with van der Waals surface area (Å²) in [7, 11) is 1.41. The molecule has 0 aromatic carbocycles. The van der Waals surface area contributed by atoms with Crippen LogP contribution in [-0.4, -0.2) is 19.0 Å². The fourth-order valence-electron chi connectivity index (χ4n) is 0.573. The van der Waals surface area contributed by atoms with E-state index in [-0.39, 0.29) is 6.10 Å². The Labute approximate surface area is 58.4 Å². The van der Waals surface area contributed by atoms with Crippen LogP contribution in [-0.2, 0) is 13.6 Å². The van der Waals surface area contributed by atoms with Gasteiger partial charge < -0.3 is 4.52 Å². The topological polar surface area (TPSA) is 35.5 Å². The molecule has 1 aliphatic heterocycles. The van der Waals surface area contributed by atoms with E-state index in [9.17, 15) is 4.57 Å². The molecule has 0 saturated carbocycles. The highest BCUT2D eigenvalue weighted by atomic mass is 32.7. The van der Waals surface area contributed by atoms with Gasteiger partial charge in [0.05, 0.1) is 6.10 Å². The summed E-state index contributed by atoms with van der Waals surface area (Å²) in [6, 6.07) is 0. The lowest BCUT2D eigenvalue weighted by Gasteiger charge is -2.05. The first-order valence-electron chi connectivity index (χ1n) is 2.65. The average molecular weight is 168 g/mol. The summed E-state index contributed by atoms with van der Waals surface area (Å²) >= 11 is 1.26. The maximum Gasteiger partial charge on any atom is 0.389 e. The molecule has 9 heavy (non-hydrogen) atoms. The molecule has 3 nitrogen and oxygen atoms in total. The van der Waals surface area contributed by atoms with E-state index in [1.807, 2.05) is 6.92 Å². The predicted molar refractivity (Wildman–Crippen MR) is 37.6 cm³/mol. The number of hydrogen-bond donors (Lipinski definition) is 0. The monoisotopic (exact) mass is 168 g/mol. The van der Waals surface area contributed by atoms with Gasteiger partial charge in [-0.3, -0.25) is 4.52 Å². The molecule has 1 rings (SSSR count). The Morgan fingerprint density at radius 3 is 2.78 bits per heavy atom. The van der Waals surface area contributed by atoms with Gasteiger partial charge in [0.25, 0.3) is 0 Å². The van der Waals surface area contributed by atoms with Gasteiger partial charge in [0, 0.05) is 12.9 Å². The highest BCUT2D eigenvalue weighted by molar-refractivity contribution is 8.55. The molecule has 2 atom stereocenters. The Morgan fingerprint density at radius 2 is 2.56 bits per heavy atom. The van der Waals surface area contributed by atoms with Crippen LogP contribution in [0.1, 0.15) is 6.92 Å². The molecular weight excluding hydrogens is 159 g/mol. The summed E-state index contributed by atoms with van der Waals surface area (Å²) in [6.07, 6.45) is 0.0702. The Bertz CT molecular complexity index is 149. The predicted octanol–water partition coefficient (Wildman–Crippen LogP) is 1.89. The lowest BCUT2D eigenvalue weighted by atomic mass is 10.5. The number of rotatable bonds is 1. The minimum absolute atomic E-state index is 0.0702. The second-order valence-corrected chi connectivity index (χ2v) is 6.02. The van der Waals surface area contributed by atoms with Gasteiger partial charge >= 0.3 is 6.80 Å². The lowest BCUT2D eigenvalue weighted by molar-refractivity contribution is 0.214. The van der Waals surface area contributed by atoms with Gasteiger partial charge in [0.1, 0.15) is 0 Å². The molecule has 5 heteroatoms. The van der Waals surface area contributed by atoms with Gasteiger partial charge in [0.2, 0.25) is 0 Å². The number of hydrogen-bond acceptors (Lipinski definition) is 4. The van der Waals surface area contributed by atoms with Crippen LogP contribution >= 0.6 is 18.2 Å². The quantitative estimate of drug-likeness (QED) is 0.560. The summed E-state index contributed by atoms with van der Waals surface area (Å²) in [5.41, 5.74) is 0. The third-order valence-electron chi connectivity index (χ3n) is 1.00. The van der Waals surface area contributed by atoms with Crippen molar-refractivity contribution in [1.29, 1.82) is 0 Å². The molecular formula is C4H9O3PS. The first-order chi connectivity index (χ1) is 4.16. The Balaban J connectivity index is 2.55. The molecule has 0 N–H and O–H groups in total. The zero-order valence-electron chi connectivity index (χ0n) is 5.36. The van der Waals surface area contributed by atoms with Gasteiger partial charge in [-0.15, -0.1) is 0 Å². The normalized spacial score (nSPS) is 43.6. The SMILES string of the molecule is COP1(=O)OC(C)CS1. The van der Waals surface area contributed by atoms with Crippen molar-refractivity contribution in [3.05, 3.63) is 0 Å². The van der Waals surface area contributed by atoms with Crippen LogP contribution < -0.4 is 0 Å². The highest BCUT2D eigenvalue weighted by Gasteiger charge is 2.34. The fourth-order valence-corrected chi connectivity index (χ4v) is 4.02. The molecule has 0 bridgehead atoms. The molecule has 0 spiro atoms. The largest absolute Gasteiger partial charge is 0.389 e. The zero-order valence-corrected chi connectivity index (χ0v) is 7.08. The van der Waals surface area contributed by atoms with Gasteiger partial charge in [-0.25, -0.2) is 4.57 Å². The summed E-state index contributed by atoms with van der Waals surface area (Å²) < 4.78 is 20.8. The molecule has 0 amide bonds. The van der Waals surface area contributed by atoms with E-state index in [2.05, 4.69) is 4.52 Å². The van der Waals surface area contributed by atoms with E-state index >= 15 is 0 Å². The molecule has 1 saturated heterocycles. The minimum atomic E-state index is -2.69. The third kappa shape index (κ3) is 1.71. The Hall–Kier alpha value is 0.500. The van der Waals surface area contributed by atoms with Gasteiger partial charge in [-0.1, -0.05) is 0 Å². The Morgan fingerprint density at radius 1 is 1.89 bits per heavy atom. The standard InChI is InChI=1S/C4H9O3PS/c1-4-3-9-8(5,6-2)7-4/h4H,3H2,1-2H3. The van der Waals surface area contributed by atoms with Crippen LogP contribution in [0.2, 0.25) is 0 Å². The smallest absolute Gasteiger partial charge is 0.304 e. The van der Waals surface area contributed by atoms with Crippen molar-refractivity contribution in [2.75, 3.05) is 12.9 Å². The van der Waals surface area contributed by atoms with E-state index in [0.717, 1.165) is 5.75 Å². The fraction of sp³-hybridized carbons (Fsp3) is 1.00. The van der Waals surface area contributed by atoms with E-state index in [0.29, 0.717) is 0 Å². The molecule has 54 valence electrons. The molecule has 0 radical (unpaired) electrons. The van der Waals surface area contributed by atoms with Crippen LogP contribution in [0.15, 0.2) is 0 Å². The first kappa shape index (κ1) is 7.61. The second kappa shape index (κ2) is 2.62. The molecule has 1 fully saturated rings. The van der Waals surface area contributed by atoms with Gasteiger partial charge in [0.15, 0.2) is 0 Å². The third-order valence-corrected chi connectivity index (χ3v) is 5.10. The van der Waals surface area contributed by atoms with E-state index in [1.54, 1.807) is 0 Å². The summed E-state index contributed by atoms with van der Waals surface area (Å²) in [5, 5.41) is 0. The van der Waals surface area contributed by atoms with Crippen LogP contribution in [0.5, 0.6) is 0 Å². The summed E-state index contributed by atoms with van der Waals surface area (Å²) in [6.45, 7) is -0.810. The van der Waals surface area contributed by atoms with Crippen molar-refractivity contribution < 1.29 is 13.6 Å². The van der Waals surface area contributed by atoms with E-state index in [1.165, 1.54) is 18.5 Å². The molecule has 2 unspecified atom stereocenters. The zero-order chi connectivity index (χ0) is 6.91. The molecule has 0 aliphatic carbocycles. The maximum absolute atomic E-state index is 11.1. The van der Waals surface area contributed by atoms with Crippen LogP contribution in [0.25, 0.3) is 0 Å². The van der Waals surface area contributed by atoms with E-state index < -0.39 is 6.80 Å². The van der Waals surface area contributed by atoms with E-state index in [4.69, 9.17) is 4.52 Å². The first-order valence-corrected chi connectivity index (χ1v) is 5.78. The van der Waals surface area contributed by atoms with Crippen molar-refractivity contribution >= 4 is 18.2 Å². The van der Waals surface area contributed by atoms with Crippen molar-refractivity contribution in [2.45, 2.75) is 13.0 Å². The summed E-state index contributed by atoms with van der Waals surface area (Å²) in [5.74, 6) is 0.769. The summed E-state index contributed by atoms with van der Waals surface area (Å²) in [4.78, 5) is 0. The van der Waals surface area contributed by atoms with Crippen molar-refractivity contribution in [1.82, 2.24) is 0 Å². The molecule has 1 aliphatic rings. The van der Waals surface area contributed by atoms with Crippen LogP contribution in [0.3, 0.4) is 0 Å². The van der Waals surface area contributed by atoms with Crippen LogP contribution in [0.4, 0.5) is 0 Å². The van der Waals surface area contributed by atoms with Crippen molar-refractivity contribution in [3.63, 3.8) is 0 Å². The van der Waals surface area contributed by atoms with Gasteiger partial charge in [-0.05, 0) is 18.3 Å². The van der Waals surface area contributed by atoms with Crippen molar-refractivity contribution in [2.24, 2.45) is 0 Å². The minimum Gasteiger partial charge on any atom is -0.304 e. The Kier molecular flexibility index (Phi) is 2.22. The highest BCUT2D eigenvalue weighted by Crippen LogP contribution is 2.65. The average Bonchev–Trinajstić information content (AvgIpc) is 2.13. The second-order valence-electron chi connectivity index (χ2n) is 1.84. The molecule has 0 aromatic heterocycles.